The molecule has 1 aliphatic rings. The molecule has 0 aromatic rings. The molecule has 1 unspecified atom stereocenters. The molecule has 0 spiro atoms. The summed E-state index contributed by atoms with van der Waals surface area (Å²) in [5.74, 6) is 0.705. The van der Waals surface area contributed by atoms with Crippen LogP contribution in [0.4, 0.5) is 0 Å². The smallest absolute Gasteiger partial charge is 0.0621 e. The lowest BCUT2D eigenvalue weighted by Crippen LogP contribution is -2.22. The van der Waals surface area contributed by atoms with Crippen LogP contribution in [0.3, 0.4) is 0 Å². The van der Waals surface area contributed by atoms with Crippen LogP contribution < -0.4 is 0 Å². The standard InChI is InChI=1S/C11H20N2O/c12-6-2-1-3-7-13-8-4-11(10-13)5-9-14/h11,14H,1-5,7-10H2. The Morgan fingerprint density at radius 2 is 2.29 bits per heavy atom. The summed E-state index contributed by atoms with van der Waals surface area (Å²) in [5.41, 5.74) is 0. The van der Waals surface area contributed by atoms with Crippen molar-refractivity contribution in [3.63, 3.8) is 0 Å². The molecular weight excluding hydrogens is 176 g/mol. The zero-order valence-corrected chi connectivity index (χ0v) is 8.78. The van der Waals surface area contributed by atoms with Gasteiger partial charge in [0.05, 0.1) is 6.07 Å². The molecule has 1 aliphatic heterocycles. The van der Waals surface area contributed by atoms with Crippen molar-refractivity contribution < 1.29 is 5.11 Å². The van der Waals surface area contributed by atoms with Crippen LogP contribution in [0.15, 0.2) is 0 Å². The maximum Gasteiger partial charge on any atom is 0.0621 e. The molecule has 1 rings (SSSR count). The number of hydrogen-bond donors (Lipinski definition) is 1. The first kappa shape index (κ1) is 11.5. The van der Waals surface area contributed by atoms with E-state index < -0.39 is 0 Å². The van der Waals surface area contributed by atoms with Crippen LogP contribution in [0.25, 0.3) is 0 Å². The van der Waals surface area contributed by atoms with Gasteiger partial charge in [-0.2, -0.15) is 5.26 Å². The summed E-state index contributed by atoms with van der Waals surface area (Å²) in [6.45, 7) is 3.78. The highest BCUT2D eigenvalue weighted by Crippen LogP contribution is 2.19. The van der Waals surface area contributed by atoms with Gasteiger partial charge in [-0.1, -0.05) is 0 Å². The Hall–Kier alpha value is -0.590. The molecule has 14 heavy (non-hydrogen) atoms. The minimum atomic E-state index is 0.326. The summed E-state index contributed by atoms with van der Waals surface area (Å²) in [7, 11) is 0. The van der Waals surface area contributed by atoms with E-state index in [1.54, 1.807) is 0 Å². The maximum absolute atomic E-state index is 8.80. The van der Waals surface area contributed by atoms with Gasteiger partial charge >= 0.3 is 0 Å². The van der Waals surface area contributed by atoms with E-state index in [9.17, 15) is 0 Å². The van der Waals surface area contributed by atoms with Crippen LogP contribution in [0.5, 0.6) is 0 Å². The van der Waals surface area contributed by atoms with Crippen LogP contribution in [0, 0.1) is 17.2 Å². The van der Waals surface area contributed by atoms with E-state index in [2.05, 4.69) is 11.0 Å². The average molecular weight is 196 g/mol. The molecule has 1 N–H and O–H groups in total. The molecule has 0 aromatic carbocycles. The molecule has 0 aliphatic carbocycles. The zero-order chi connectivity index (χ0) is 10.2. The van der Waals surface area contributed by atoms with Gasteiger partial charge in [-0.3, -0.25) is 0 Å². The van der Waals surface area contributed by atoms with E-state index in [-0.39, 0.29) is 0 Å². The Labute approximate surface area is 86.3 Å². The van der Waals surface area contributed by atoms with Crippen LogP contribution in [0.1, 0.15) is 32.1 Å². The summed E-state index contributed by atoms with van der Waals surface area (Å²) >= 11 is 0. The predicted octanol–water partition coefficient (Wildman–Crippen LogP) is 1.38. The van der Waals surface area contributed by atoms with E-state index in [4.69, 9.17) is 10.4 Å². The SMILES string of the molecule is N#CCCCCN1CCC(CCO)C1. The molecule has 0 bridgehead atoms. The molecule has 1 heterocycles. The van der Waals surface area contributed by atoms with Crippen molar-refractivity contribution in [1.29, 1.82) is 5.26 Å². The third-order valence-corrected chi connectivity index (χ3v) is 2.92. The van der Waals surface area contributed by atoms with Crippen LogP contribution in [0.2, 0.25) is 0 Å². The van der Waals surface area contributed by atoms with Gasteiger partial charge in [0.15, 0.2) is 0 Å². The summed E-state index contributed by atoms with van der Waals surface area (Å²) in [6, 6.07) is 2.17. The van der Waals surface area contributed by atoms with Gasteiger partial charge in [0.1, 0.15) is 0 Å². The number of nitrogens with zero attached hydrogens (tertiary/aromatic N) is 2. The van der Waals surface area contributed by atoms with E-state index in [0.29, 0.717) is 18.9 Å². The second-order valence-corrected chi connectivity index (χ2v) is 4.08. The van der Waals surface area contributed by atoms with Gasteiger partial charge in [-0.05, 0) is 44.7 Å². The molecule has 3 heteroatoms. The number of unbranched alkanes of at least 4 members (excludes halogenated alkanes) is 2. The van der Waals surface area contributed by atoms with Crippen molar-refractivity contribution in [3.05, 3.63) is 0 Å². The summed E-state index contributed by atoms with van der Waals surface area (Å²) in [4.78, 5) is 2.46. The predicted molar refractivity (Wildman–Crippen MR) is 55.7 cm³/mol. The van der Waals surface area contributed by atoms with Gasteiger partial charge in [-0.15, -0.1) is 0 Å². The van der Waals surface area contributed by atoms with E-state index in [1.165, 1.54) is 13.0 Å². The van der Waals surface area contributed by atoms with Crippen molar-refractivity contribution >= 4 is 0 Å². The summed E-state index contributed by atoms with van der Waals surface area (Å²) < 4.78 is 0. The molecule has 1 atom stereocenters. The molecule has 0 aromatic heterocycles. The lowest BCUT2D eigenvalue weighted by Gasteiger charge is -2.14. The molecular formula is C11H20N2O. The van der Waals surface area contributed by atoms with E-state index in [0.717, 1.165) is 32.4 Å². The van der Waals surface area contributed by atoms with Crippen molar-refractivity contribution in [3.8, 4) is 6.07 Å². The maximum atomic E-state index is 8.80. The third kappa shape index (κ3) is 4.08. The van der Waals surface area contributed by atoms with Gasteiger partial charge in [-0.25, -0.2) is 0 Å². The van der Waals surface area contributed by atoms with E-state index >= 15 is 0 Å². The molecule has 0 saturated carbocycles. The topological polar surface area (TPSA) is 47.3 Å². The largest absolute Gasteiger partial charge is 0.396 e. The van der Waals surface area contributed by atoms with Crippen molar-refractivity contribution in [2.24, 2.45) is 5.92 Å². The second-order valence-electron chi connectivity index (χ2n) is 4.08. The van der Waals surface area contributed by atoms with E-state index in [1.807, 2.05) is 0 Å². The van der Waals surface area contributed by atoms with Crippen LogP contribution in [-0.4, -0.2) is 36.2 Å². The van der Waals surface area contributed by atoms with Crippen LogP contribution >= 0.6 is 0 Å². The fraction of sp³-hybridized carbons (Fsp3) is 0.909. The van der Waals surface area contributed by atoms with Crippen LogP contribution in [-0.2, 0) is 0 Å². The Balaban J connectivity index is 2.02. The summed E-state index contributed by atoms with van der Waals surface area (Å²) in [6.07, 6.45) is 5.04. The van der Waals surface area contributed by atoms with Gasteiger partial charge in [0.2, 0.25) is 0 Å². The fourth-order valence-electron chi connectivity index (χ4n) is 2.07. The van der Waals surface area contributed by atoms with Gasteiger partial charge < -0.3 is 10.0 Å². The highest BCUT2D eigenvalue weighted by atomic mass is 16.3. The minimum Gasteiger partial charge on any atom is -0.396 e. The Morgan fingerprint density at radius 3 is 3.00 bits per heavy atom. The van der Waals surface area contributed by atoms with Gasteiger partial charge in [0.25, 0.3) is 0 Å². The Kier molecular flexibility index (Phi) is 5.58. The first-order valence-corrected chi connectivity index (χ1v) is 5.57. The zero-order valence-electron chi connectivity index (χ0n) is 8.78. The normalized spacial score (nSPS) is 22.4. The fourth-order valence-corrected chi connectivity index (χ4v) is 2.07. The quantitative estimate of drug-likeness (QED) is 0.653. The Morgan fingerprint density at radius 1 is 1.43 bits per heavy atom. The average Bonchev–Trinajstić information content (AvgIpc) is 2.61. The second kappa shape index (κ2) is 6.80. The molecule has 0 amide bonds. The van der Waals surface area contributed by atoms with Crippen molar-refractivity contribution in [2.45, 2.75) is 32.1 Å². The highest BCUT2D eigenvalue weighted by molar-refractivity contribution is 4.76. The lowest BCUT2D eigenvalue weighted by molar-refractivity contribution is 0.250. The summed E-state index contributed by atoms with van der Waals surface area (Å²) in [5, 5.41) is 17.2. The number of nitriles is 1. The molecule has 1 saturated heterocycles. The first-order chi connectivity index (χ1) is 6.86. The van der Waals surface area contributed by atoms with Gasteiger partial charge in [0, 0.05) is 19.6 Å². The number of aliphatic hydroxyl groups is 1. The molecule has 0 radical (unpaired) electrons. The molecule has 1 fully saturated rings. The number of hydrogen-bond acceptors (Lipinski definition) is 3. The number of rotatable bonds is 6. The first-order valence-electron chi connectivity index (χ1n) is 5.57. The number of aliphatic hydroxyl groups excluding tert-OH is 1. The highest BCUT2D eigenvalue weighted by Gasteiger charge is 2.20. The third-order valence-electron chi connectivity index (χ3n) is 2.92. The minimum absolute atomic E-state index is 0.326. The Bertz CT molecular complexity index is 188. The number of likely N-dealkylation sites (tertiary alicyclic amines) is 1. The molecule has 3 nitrogen and oxygen atoms in total. The monoisotopic (exact) mass is 196 g/mol. The van der Waals surface area contributed by atoms with Crippen molar-refractivity contribution in [2.75, 3.05) is 26.2 Å². The van der Waals surface area contributed by atoms with Crippen molar-refractivity contribution in [1.82, 2.24) is 4.90 Å². The lowest BCUT2D eigenvalue weighted by atomic mass is 10.1. The molecule has 80 valence electrons.